The summed E-state index contributed by atoms with van der Waals surface area (Å²) in [6.45, 7) is 0. The highest BCUT2D eigenvalue weighted by Gasteiger charge is 2.21. The van der Waals surface area contributed by atoms with Gasteiger partial charge in [0.25, 0.3) is 0 Å². The summed E-state index contributed by atoms with van der Waals surface area (Å²) < 4.78 is 40.5. The maximum absolute atomic E-state index is 13.9. The molecule has 4 aromatic carbocycles. The number of ether oxygens (including phenoxy) is 2. The van der Waals surface area contributed by atoms with Crippen LogP contribution in [0.5, 0.6) is 11.5 Å². The molecule has 328 valence electrons. The molecule has 0 aliphatic heterocycles. The van der Waals surface area contributed by atoms with Gasteiger partial charge in [0.05, 0.1) is 35.4 Å². The van der Waals surface area contributed by atoms with Crippen LogP contribution in [0.4, 0.5) is 37.5 Å². The van der Waals surface area contributed by atoms with Gasteiger partial charge < -0.3 is 29.7 Å². The second kappa shape index (κ2) is 20.5. The maximum atomic E-state index is 13.9. The van der Waals surface area contributed by atoms with E-state index in [9.17, 15) is 29.0 Å². The number of rotatable bonds is 8. The molecule has 0 amide bonds. The number of halogens is 5. The molecule has 0 aliphatic rings. The SMILES string of the molecule is C.C.COc1cc(F)c([N+](=O)[O-])cc1N.COc1cc(F)c([N+](=O)[O-])cc1Nc1ncnc(-c2cn(C)c3ccc(Cl)cc23)n1.Cn1cc(-c2ncnc(Cl)n2)c2cc(Cl)ccc21. The van der Waals surface area contributed by atoms with Gasteiger partial charge >= 0.3 is 11.4 Å². The lowest BCUT2D eigenvalue weighted by Crippen LogP contribution is -2.03. The van der Waals surface area contributed by atoms with Crippen molar-refractivity contribution in [2.45, 2.75) is 14.9 Å². The van der Waals surface area contributed by atoms with Crippen LogP contribution in [0, 0.1) is 31.9 Å². The smallest absolute Gasteiger partial charge is 0.307 e. The van der Waals surface area contributed by atoms with E-state index in [4.69, 9.17) is 45.3 Å². The minimum atomic E-state index is -1.01. The molecular formula is C40H37Cl3F2N12O6. The number of methoxy groups -OCH3 is 2. The third kappa shape index (κ3) is 10.8. The molecule has 0 aliphatic carbocycles. The highest BCUT2D eigenvalue weighted by molar-refractivity contribution is 6.32. The van der Waals surface area contributed by atoms with Crippen molar-refractivity contribution >= 4 is 85.3 Å². The number of nitrogens with zero attached hydrogens (tertiary/aromatic N) is 10. The van der Waals surface area contributed by atoms with Crippen LogP contribution in [0.15, 0.2) is 85.7 Å². The van der Waals surface area contributed by atoms with Gasteiger partial charge in [0.15, 0.2) is 11.6 Å². The van der Waals surface area contributed by atoms with Crippen LogP contribution in [0.3, 0.4) is 0 Å². The number of benzene rings is 4. The topological polar surface area (TPSA) is 230 Å². The highest BCUT2D eigenvalue weighted by Crippen LogP contribution is 2.35. The Morgan fingerprint density at radius 1 is 0.683 bits per heavy atom. The maximum Gasteiger partial charge on any atom is 0.307 e. The predicted molar refractivity (Wildman–Crippen MR) is 239 cm³/mol. The summed E-state index contributed by atoms with van der Waals surface area (Å²) in [5, 5.41) is 27.4. The minimum Gasteiger partial charge on any atom is -0.494 e. The zero-order valence-corrected chi connectivity index (χ0v) is 34.2. The number of fused-ring (bicyclic) bond motifs is 2. The second-order valence-corrected chi connectivity index (χ2v) is 13.7. The Hall–Kier alpha value is -7.29. The molecule has 8 aromatic rings. The molecule has 0 saturated carbocycles. The fourth-order valence-electron chi connectivity index (χ4n) is 5.92. The van der Waals surface area contributed by atoms with Crippen molar-refractivity contribution in [1.29, 1.82) is 0 Å². The molecule has 23 heteroatoms. The molecule has 4 aromatic heterocycles. The molecule has 3 N–H and O–H groups in total. The van der Waals surface area contributed by atoms with Crippen LogP contribution < -0.4 is 20.5 Å². The largest absolute Gasteiger partial charge is 0.494 e. The standard InChI is InChI=1S/C19H14ClFN6O3.C12H8Cl2N4.C7H7FN2O3.2CH4/c1-26-8-12(11-5-10(20)3-4-15(11)26)18-22-9-23-19(25-18)24-14-7-16(27(28)29)13(21)6-17(14)30-2;1-18-5-9(11-15-6-16-12(14)17-11)8-4-7(13)2-3-10(8)18;1-13-7-2-4(8)6(10(11)12)3-5(7)9;;/h3-9H,1-2H3,(H,22,23,24,25);2-6H,1H3;2-3H,9H2,1H3;2*1H4. The lowest BCUT2D eigenvalue weighted by atomic mass is 10.1. The van der Waals surface area contributed by atoms with E-state index in [1.54, 1.807) is 6.07 Å². The van der Waals surface area contributed by atoms with Gasteiger partial charge in [-0.15, -0.1) is 0 Å². The monoisotopic (exact) mass is 924 g/mol. The third-order valence-corrected chi connectivity index (χ3v) is 9.36. The van der Waals surface area contributed by atoms with Crippen molar-refractivity contribution in [3.63, 3.8) is 0 Å². The van der Waals surface area contributed by atoms with Crippen LogP contribution in [0.2, 0.25) is 15.3 Å². The molecule has 0 unspecified atom stereocenters. The molecule has 0 saturated heterocycles. The molecular weight excluding hydrogens is 889 g/mol. The first-order chi connectivity index (χ1) is 29.1. The summed E-state index contributed by atoms with van der Waals surface area (Å²) in [5.74, 6) is -0.792. The quantitative estimate of drug-likeness (QED) is 0.0820. The van der Waals surface area contributed by atoms with Crippen molar-refractivity contribution in [3.05, 3.63) is 133 Å². The summed E-state index contributed by atoms with van der Waals surface area (Å²) in [5.41, 5.74) is 7.80. The lowest BCUT2D eigenvalue weighted by molar-refractivity contribution is -0.387. The van der Waals surface area contributed by atoms with Gasteiger partial charge in [-0.25, -0.2) is 19.9 Å². The van der Waals surface area contributed by atoms with Gasteiger partial charge in [-0.05, 0) is 48.0 Å². The van der Waals surface area contributed by atoms with E-state index in [-0.39, 0.29) is 49.0 Å². The van der Waals surface area contributed by atoms with E-state index in [1.165, 1.54) is 26.9 Å². The number of aromatic nitrogens is 8. The Morgan fingerprint density at radius 2 is 1.16 bits per heavy atom. The van der Waals surface area contributed by atoms with Crippen LogP contribution in [-0.4, -0.2) is 63.1 Å². The number of nitro groups is 2. The number of nitro benzene ring substituents is 2. The van der Waals surface area contributed by atoms with E-state index in [2.05, 4.69) is 40.0 Å². The Bertz CT molecular complexity index is 2970. The van der Waals surface area contributed by atoms with Crippen molar-refractivity contribution < 1.29 is 28.1 Å². The molecule has 4 heterocycles. The van der Waals surface area contributed by atoms with E-state index in [0.717, 1.165) is 57.2 Å². The zero-order valence-electron chi connectivity index (χ0n) is 32.0. The van der Waals surface area contributed by atoms with Gasteiger partial charge in [0.1, 0.15) is 24.2 Å². The summed E-state index contributed by atoms with van der Waals surface area (Å²) in [4.78, 5) is 44.4. The number of nitrogen functional groups attached to an aromatic ring is 1. The molecule has 0 radical (unpaired) electrons. The van der Waals surface area contributed by atoms with Crippen LogP contribution in [0.1, 0.15) is 14.9 Å². The van der Waals surface area contributed by atoms with Gasteiger partial charge in [0, 0.05) is 93.7 Å². The number of aryl methyl sites for hydroxylation is 2. The van der Waals surface area contributed by atoms with Gasteiger partial charge in [-0.2, -0.15) is 18.7 Å². The van der Waals surface area contributed by atoms with Crippen molar-refractivity contribution in [1.82, 2.24) is 39.0 Å². The number of hydrogen-bond donors (Lipinski definition) is 2. The Kier molecular flexibility index (Phi) is 15.8. The van der Waals surface area contributed by atoms with Gasteiger partial charge in [-0.1, -0.05) is 38.1 Å². The van der Waals surface area contributed by atoms with E-state index in [1.807, 2.05) is 66.0 Å². The lowest BCUT2D eigenvalue weighted by Gasteiger charge is -2.10. The fraction of sp³-hybridized carbons (Fsp3) is 0.150. The van der Waals surface area contributed by atoms with Crippen molar-refractivity contribution in [2.75, 3.05) is 25.3 Å². The average Bonchev–Trinajstić information content (AvgIpc) is 3.73. The molecule has 0 atom stereocenters. The summed E-state index contributed by atoms with van der Waals surface area (Å²) in [6.07, 6.45) is 6.52. The van der Waals surface area contributed by atoms with Crippen LogP contribution in [-0.2, 0) is 14.1 Å². The second-order valence-electron chi connectivity index (χ2n) is 12.5. The first-order valence-corrected chi connectivity index (χ1v) is 18.3. The molecule has 18 nitrogen and oxygen atoms in total. The first kappa shape index (κ1) is 48.4. The zero-order chi connectivity index (χ0) is 44.1. The number of nitrogens with two attached hydrogens (primary N) is 1. The number of nitrogens with one attached hydrogen (secondary N) is 1. The Labute approximate surface area is 372 Å². The molecule has 8 rings (SSSR count). The van der Waals surface area contributed by atoms with Crippen molar-refractivity contribution in [3.8, 4) is 34.3 Å². The van der Waals surface area contributed by atoms with E-state index < -0.39 is 32.9 Å². The van der Waals surface area contributed by atoms with Crippen LogP contribution in [0.25, 0.3) is 44.6 Å². The number of anilines is 3. The number of hydrogen-bond acceptors (Lipinski definition) is 14. The van der Waals surface area contributed by atoms with Gasteiger partial charge in [-0.3, -0.25) is 20.2 Å². The highest BCUT2D eigenvalue weighted by atomic mass is 35.5. The Balaban J connectivity index is 0.000000225. The minimum absolute atomic E-state index is 0. The average molecular weight is 926 g/mol. The molecule has 0 bridgehead atoms. The predicted octanol–water partition coefficient (Wildman–Crippen LogP) is 10.4. The molecule has 0 spiro atoms. The van der Waals surface area contributed by atoms with E-state index >= 15 is 0 Å². The van der Waals surface area contributed by atoms with Crippen LogP contribution >= 0.6 is 34.8 Å². The summed E-state index contributed by atoms with van der Waals surface area (Å²) in [7, 11) is 6.48. The molecule has 0 fully saturated rings. The third-order valence-electron chi connectivity index (χ3n) is 8.71. The Morgan fingerprint density at radius 3 is 1.65 bits per heavy atom. The van der Waals surface area contributed by atoms with E-state index in [0.29, 0.717) is 21.7 Å². The fourth-order valence-corrected chi connectivity index (χ4v) is 6.39. The first-order valence-electron chi connectivity index (χ1n) is 17.2. The van der Waals surface area contributed by atoms with Gasteiger partial charge in [0.2, 0.25) is 22.9 Å². The summed E-state index contributed by atoms with van der Waals surface area (Å²) >= 11 is 18.0. The van der Waals surface area contributed by atoms with Crippen molar-refractivity contribution in [2.24, 2.45) is 14.1 Å². The molecule has 63 heavy (non-hydrogen) atoms. The summed E-state index contributed by atoms with van der Waals surface area (Å²) in [6, 6.07) is 15.0. The normalized spacial score (nSPS) is 10.4.